The number of hydrogen-bond donors (Lipinski definition) is 1. The summed E-state index contributed by atoms with van der Waals surface area (Å²) in [5, 5.41) is 11.1. The normalized spacial score (nSPS) is 48.9. The summed E-state index contributed by atoms with van der Waals surface area (Å²) in [6.45, 7) is 8.52. The Hall–Kier alpha value is -1.38. The Labute approximate surface area is 132 Å². The highest BCUT2D eigenvalue weighted by molar-refractivity contribution is 5.34. The summed E-state index contributed by atoms with van der Waals surface area (Å²) in [7, 11) is 0. The molecule has 1 saturated carbocycles. The fourth-order valence-corrected chi connectivity index (χ4v) is 5.19. The van der Waals surface area contributed by atoms with Crippen molar-refractivity contribution in [1.82, 2.24) is 0 Å². The standard InChI is InChI=1S/C20H24O2/c1-3-14-7-9-20(22-13-14)11-10-19(21)8-5-6-16-12-15(4-2)18(20)17(16)19/h3-7,10-11,15-18,21H,1-2,8-9,12-13H2/t15-,16+,17+,18-,19-,20+/m1/s1. The molecule has 1 N–H and O–H groups in total. The van der Waals surface area contributed by atoms with Crippen LogP contribution >= 0.6 is 0 Å². The second-order valence-electron chi connectivity index (χ2n) is 7.24. The molecule has 2 nitrogen and oxygen atoms in total. The lowest BCUT2D eigenvalue weighted by atomic mass is 9.60. The van der Waals surface area contributed by atoms with Gasteiger partial charge in [-0.2, -0.15) is 0 Å². The third-order valence-electron chi connectivity index (χ3n) is 6.23. The predicted molar refractivity (Wildman–Crippen MR) is 88.2 cm³/mol. The highest BCUT2D eigenvalue weighted by Gasteiger charge is 2.61. The molecule has 0 saturated heterocycles. The van der Waals surface area contributed by atoms with E-state index in [4.69, 9.17) is 4.74 Å². The number of ether oxygens (including phenoxy) is 1. The first-order valence-corrected chi connectivity index (χ1v) is 8.29. The predicted octanol–water partition coefficient (Wildman–Crippen LogP) is 3.57. The quantitative estimate of drug-likeness (QED) is 0.789. The summed E-state index contributed by atoms with van der Waals surface area (Å²) < 4.78 is 6.36. The van der Waals surface area contributed by atoms with Crippen LogP contribution in [0.15, 0.2) is 61.3 Å². The summed E-state index contributed by atoms with van der Waals surface area (Å²) in [5.41, 5.74) is 0.161. The molecule has 116 valence electrons. The van der Waals surface area contributed by atoms with Gasteiger partial charge in [-0.1, -0.05) is 49.1 Å². The molecule has 1 fully saturated rings. The molecule has 0 aromatic carbocycles. The van der Waals surface area contributed by atoms with Crippen LogP contribution in [0.2, 0.25) is 0 Å². The van der Waals surface area contributed by atoms with Crippen molar-refractivity contribution in [3.05, 3.63) is 61.3 Å². The molecule has 4 rings (SSSR count). The van der Waals surface area contributed by atoms with E-state index in [0.29, 0.717) is 24.4 Å². The first-order chi connectivity index (χ1) is 10.6. The van der Waals surface area contributed by atoms with E-state index < -0.39 is 5.60 Å². The zero-order valence-corrected chi connectivity index (χ0v) is 12.9. The van der Waals surface area contributed by atoms with Crippen molar-refractivity contribution in [1.29, 1.82) is 0 Å². The Balaban J connectivity index is 1.79. The highest BCUT2D eigenvalue weighted by atomic mass is 16.5. The average molecular weight is 296 g/mol. The number of aliphatic hydroxyl groups is 1. The molecule has 1 heterocycles. The van der Waals surface area contributed by atoms with Crippen molar-refractivity contribution in [3.8, 4) is 0 Å². The van der Waals surface area contributed by atoms with Gasteiger partial charge in [0.05, 0.1) is 17.8 Å². The largest absolute Gasteiger partial charge is 0.385 e. The lowest BCUT2D eigenvalue weighted by Gasteiger charge is -2.52. The molecular weight excluding hydrogens is 272 g/mol. The third kappa shape index (κ3) is 1.80. The monoisotopic (exact) mass is 296 g/mol. The van der Waals surface area contributed by atoms with Crippen LogP contribution in [-0.4, -0.2) is 22.9 Å². The number of rotatable bonds is 2. The maximum atomic E-state index is 11.1. The molecule has 0 aromatic rings. The van der Waals surface area contributed by atoms with Gasteiger partial charge in [-0.25, -0.2) is 0 Å². The van der Waals surface area contributed by atoms with Crippen LogP contribution in [0.5, 0.6) is 0 Å². The van der Waals surface area contributed by atoms with Crippen molar-refractivity contribution in [2.75, 3.05) is 6.61 Å². The molecular formula is C20H24O2. The van der Waals surface area contributed by atoms with Gasteiger partial charge in [-0.15, -0.1) is 6.58 Å². The topological polar surface area (TPSA) is 29.5 Å². The molecule has 1 aliphatic heterocycles. The van der Waals surface area contributed by atoms with E-state index in [0.717, 1.165) is 24.8 Å². The molecule has 0 radical (unpaired) electrons. The molecule has 0 aromatic heterocycles. The summed E-state index contributed by atoms with van der Waals surface area (Å²) >= 11 is 0. The second kappa shape index (κ2) is 4.81. The van der Waals surface area contributed by atoms with Crippen LogP contribution in [0.4, 0.5) is 0 Å². The summed E-state index contributed by atoms with van der Waals surface area (Å²) in [5.74, 6) is 1.37. The molecule has 3 aliphatic carbocycles. The third-order valence-corrected chi connectivity index (χ3v) is 6.23. The van der Waals surface area contributed by atoms with E-state index in [-0.39, 0.29) is 11.5 Å². The fraction of sp³-hybridized carbons (Fsp3) is 0.500. The van der Waals surface area contributed by atoms with E-state index in [1.54, 1.807) is 0 Å². The van der Waals surface area contributed by atoms with E-state index in [2.05, 4.69) is 43.5 Å². The minimum atomic E-state index is -0.709. The minimum absolute atomic E-state index is 0.240. The number of hydrogen-bond acceptors (Lipinski definition) is 2. The lowest BCUT2D eigenvalue weighted by Crippen LogP contribution is -2.56. The van der Waals surface area contributed by atoms with Crippen LogP contribution in [-0.2, 0) is 4.74 Å². The molecule has 0 bridgehead atoms. The van der Waals surface area contributed by atoms with Gasteiger partial charge in [0.25, 0.3) is 0 Å². The van der Waals surface area contributed by atoms with Gasteiger partial charge in [0.1, 0.15) is 0 Å². The van der Waals surface area contributed by atoms with Crippen LogP contribution in [0.1, 0.15) is 19.3 Å². The van der Waals surface area contributed by atoms with Crippen LogP contribution in [0.3, 0.4) is 0 Å². The average Bonchev–Trinajstić information content (AvgIpc) is 2.94. The van der Waals surface area contributed by atoms with Gasteiger partial charge in [-0.05, 0) is 36.7 Å². The van der Waals surface area contributed by atoms with Crippen molar-refractivity contribution in [3.63, 3.8) is 0 Å². The van der Waals surface area contributed by atoms with E-state index in [1.807, 2.05) is 12.2 Å². The molecule has 6 atom stereocenters. The molecule has 0 unspecified atom stereocenters. The maximum absolute atomic E-state index is 11.1. The zero-order valence-electron chi connectivity index (χ0n) is 12.9. The van der Waals surface area contributed by atoms with E-state index in [9.17, 15) is 5.11 Å². The van der Waals surface area contributed by atoms with Crippen molar-refractivity contribution in [2.24, 2.45) is 23.7 Å². The Kier molecular flexibility index (Phi) is 3.11. The molecule has 22 heavy (non-hydrogen) atoms. The van der Waals surface area contributed by atoms with Crippen LogP contribution < -0.4 is 0 Å². The van der Waals surface area contributed by atoms with Crippen molar-refractivity contribution >= 4 is 0 Å². The maximum Gasteiger partial charge on any atom is 0.0940 e. The minimum Gasteiger partial charge on any atom is -0.385 e. The lowest BCUT2D eigenvalue weighted by molar-refractivity contribution is -0.118. The smallest absolute Gasteiger partial charge is 0.0940 e. The molecule has 4 aliphatic rings. The summed E-state index contributed by atoms with van der Waals surface area (Å²) in [4.78, 5) is 0. The Bertz CT molecular complexity index is 599. The van der Waals surface area contributed by atoms with Gasteiger partial charge in [-0.3, -0.25) is 0 Å². The van der Waals surface area contributed by atoms with Gasteiger partial charge in [0.15, 0.2) is 0 Å². The fourth-order valence-electron chi connectivity index (χ4n) is 5.19. The Morgan fingerprint density at radius 2 is 2.09 bits per heavy atom. The molecule has 2 heteroatoms. The SMILES string of the molecule is C=CC1=CC[C@@]2(C=C[C@]3(O)CC=C[C@H]4C[C@@H](C=C)[C@@H]2[C@H]43)OC1. The van der Waals surface area contributed by atoms with Gasteiger partial charge >= 0.3 is 0 Å². The van der Waals surface area contributed by atoms with E-state index >= 15 is 0 Å². The molecule has 1 spiro atoms. The number of allylic oxidation sites excluding steroid dienone is 2. The molecule has 0 amide bonds. The first kappa shape index (κ1) is 14.2. The van der Waals surface area contributed by atoms with Gasteiger partial charge < -0.3 is 9.84 Å². The summed E-state index contributed by atoms with van der Waals surface area (Å²) in [6.07, 6.45) is 17.5. The first-order valence-electron chi connectivity index (χ1n) is 8.29. The Morgan fingerprint density at radius 3 is 2.77 bits per heavy atom. The van der Waals surface area contributed by atoms with E-state index in [1.165, 1.54) is 0 Å². The van der Waals surface area contributed by atoms with Crippen LogP contribution in [0, 0.1) is 23.7 Å². The Morgan fingerprint density at radius 1 is 1.23 bits per heavy atom. The summed E-state index contributed by atoms with van der Waals surface area (Å²) in [6, 6.07) is 0. The van der Waals surface area contributed by atoms with Gasteiger partial charge in [0.2, 0.25) is 0 Å². The van der Waals surface area contributed by atoms with Crippen molar-refractivity contribution < 1.29 is 9.84 Å². The zero-order chi connectivity index (χ0) is 15.4. The van der Waals surface area contributed by atoms with Crippen LogP contribution in [0.25, 0.3) is 0 Å². The van der Waals surface area contributed by atoms with Gasteiger partial charge in [0, 0.05) is 11.8 Å². The van der Waals surface area contributed by atoms with Crippen molar-refractivity contribution in [2.45, 2.75) is 30.5 Å². The number of fused-ring (bicyclic) bond motifs is 1. The highest BCUT2D eigenvalue weighted by Crippen LogP contribution is 2.60. The second-order valence-corrected chi connectivity index (χ2v) is 7.24.